The molecule has 25 heavy (non-hydrogen) atoms. The van der Waals surface area contributed by atoms with Gasteiger partial charge in [-0.05, 0) is 43.4 Å². The van der Waals surface area contributed by atoms with Crippen molar-refractivity contribution >= 4 is 23.5 Å². The fourth-order valence-electron chi connectivity index (χ4n) is 4.04. The van der Waals surface area contributed by atoms with E-state index in [-0.39, 0.29) is 34.9 Å². The van der Waals surface area contributed by atoms with E-state index >= 15 is 0 Å². The highest BCUT2D eigenvalue weighted by atomic mass is 35.5. The smallest absolute Gasteiger partial charge is 0.341 e. The fraction of sp³-hybridized carbons (Fsp3) is 0.389. The van der Waals surface area contributed by atoms with Crippen molar-refractivity contribution in [2.75, 3.05) is 0 Å². The van der Waals surface area contributed by atoms with Crippen LogP contribution in [0.5, 0.6) is 0 Å². The maximum Gasteiger partial charge on any atom is 0.341 e. The van der Waals surface area contributed by atoms with E-state index in [9.17, 15) is 14.7 Å². The van der Waals surface area contributed by atoms with Gasteiger partial charge >= 0.3 is 5.97 Å². The SMILES string of the molecule is CC(C)(NC(=O)C1C2Cc3c(Cl)cccc3C21)c1nocc1C(=O)O. The summed E-state index contributed by atoms with van der Waals surface area (Å²) in [6.07, 6.45) is 1.89. The van der Waals surface area contributed by atoms with Crippen LogP contribution in [0.25, 0.3) is 0 Å². The van der Waals surface area contributed by atoms with Gasteiger partial charge < -0.3 is 14.9 Å². The summed E-state index contributed by atoms with van der Waals surface area (Å²) in [6.45, 7) is 3.44. The van der Waals surface area contributed by atoms with Gasteiger partial charge in [-0.25, -0.2) is 4.79 Å². The third-order valence-corrected chi connectivity index (χ3v) is 5.61. The van der Waals surface area contributed by atoms with Gasteiger partial charge in [-0.1, -0.05) is 28.9 Å². The lowest BCUT2D eigenvalue weighted by Gasteiger charge is -2.25. The van der Waals surface area contributed by atoms with E-state index in [1.165, 1.54) is 0 Å². The van der Waals surface area contributed by atoms with Crippen LogP contribution in [0.1, 0.15) is 46.9 Å². The molecule has 2 aromatic rings. The second-order valence-electron chi connectivity index (χ2n) is 7.22. The first kappa shape index (κ1) is 16.1. The molecule has 0 radical (unpaired) electrons. The minimum atomic E-state index is -1.13. The van der Waals surface area contributed by atoms with Crippen molar-refractivity contribution < 1.29 is 19.2 Å². The first-order valence-electron chi connectivity index (χ1n) is 8.08. The summed E-state index contributed by atoms with van der Waals surface area (Å²) in [7, 11) is 0. The van der Waals surface area contributed by atoms with Gasteiger partial charge in [0.15, 0.2) is 0 Å². The molecule has 0 spiro atoms. The Kier molecular flexibility index (Phi) is 3.44. The van der Waals surface area contributed by atoms with Gasteiger partial charge in [0.05, 0.1) is 5.54 Å². The summed E-state index contributed by atoms with van der Waals surface area (Å²) in [5, 5.41) is 16.7. The van der Waals surface area contributed by atoms with Gasteiger partial charge in [0, 0.05) is 16.9 Å². The zero-order chi connectivity index (χ0) is 17.9. The van der Waals surface area contributed by atoms with E-state index in [2.05, 4.69) is 10.5 Å². The number of nitrogens with one attached hydrogen (secondary N) is 1. The molecule has 0 bridgehead atoms. The molecule has 6 nitrogen and oxygen atoms in total. The molecule has 7 heteroatoms. The van der Waals surface area contributed by atoms with E-state index in [0.717, 1.165) is 28.8 Å². The number of fused-ring (bicyclic) bond motifs is 3. The number of aromatic nitrogens is 1. The van der Waals surface area contributed by atoms with Crippen LogP contribution in [0.15, 0.2) is 29.0 Å². The predicted molar refractivity (Wildman–Crippen MR) is 89.5 cm³/mol. The molecule has 2 N–H and O–H groups in total. The van der Waals surface area contributed by atoms with Crippen LogP contribution < -0.4 is 5.32 Å². The van der Waals surface area contributed by atoms with Crippen LogP contribution in [0.4, 0.5) is 0 Å². The molecule has 2 aliphatic rings. The molecule has 0 saturated heterocycles. The maximum absolute atomic E-state index is 12.8. The van der Waals surface area contributed by atoms with Gasteiger partial charge in [-0.3, -0.25) is 4.79 Å². The highest BCUT2D eigenvalue weighted by molar-refractivity contribution is 6.31. The standard InChI is InChI=1S/C18H17ClN2O4/c1-18(2,15-11(17(23)24)7-25-21-15)20-16(22)14-10-6-9-8(13(10)14)4-3-5-12(9)19/h3-5,7,10,13-14H,6H2,1-2H3,(H,20,22)(H,23,24). The summed E-state index contributed by atoms with van der Waals surface area (Å²) in [5.74, 6) is -0.872. The molecular weight excluding hydrogens is 344 g/mol. The summed E-state index contributed by atoms with van der Waals surface area (Å²) < 4.78 is 4.79. The Morgan fingerprint density at radius 3 is 2.88 bits per heavy atom. The van der Waals surface area contributed by atoms with Crippen LogP contribution >= 0.6 is 11.6 Å². The normalized spacial score (nSPS) is 23.7. The molecule has 1 saturated carbocycles. The van der Waals surface area contributed by atoms with E-state index in [4.69, 9.17) is 16.1 Å². The minimum absolute atomic E-state index is 0.0431. The zero-order valence-corrected chi connectivity index (χ0v) is 14.5. The third-order valence-electron chi connectivity index (χ3n) is 5.25. The van der Waals surface area contributed by atoms with Crippen LogP contribution in [-0.4, -0.2) is 22.1 Å². The Balaban J connectivity index is 1.52. The number of amides is 1. The molecule has 2 aliphatic carbocycles. The predicted octanol–water partition coefficient (Wildman–Crippen LogP) is 2.96. The average Bonchev–Trinajstić information content (AvgIpc) is 2.91. The fourth-order valence-corrected chi connectivity index (χ4v) is 4.30. The zero-order valence-electron chi connectivity index (χ0n) is 13.7. The maximum atomic E-state index is 12.8. The Hall–Kier alpha value is -2.34. The summed E-state index contributed by atoms with van der Waals surface area (Å²) >= 11 is 6.23. The lowest BCUT2D eigenvalue weighted by Crippen LogP contribution is -2.43. The minimum Gasteiger partial charge on any atom is -0.478 e. The van der Waals surface area contributed by atoms with Crippen molar-refractivity contribution in [3.05, 3.63) is 51.9 Å². The van der Waals surface area contributed by atoms with Crippen LogP contribution in [0.2, 0.25) is 5.02 Å². The Labute approximate surface area is 149 Å². The van der Waals surface area contributed by atoms with E-state index in [0.29, 0.717) is 0 Å². The van der Waals surface area contributed by atoms with Crippen molar-refractivity contribution in [1.29, 1.82) is 0 Å². The third kappa shape index (κ3) is 2.43. The molecule has 1 fully saturated rings. The molecule has 1 aromatic carbocycles. The number of hydrogen-bond donors (Lipinski definition) is 2. The number of carbonyl (C=O) groups is 2. The van der Waals surface area contributed by atoms with Crippen LogP contribution in [0.3, 0.4) is 0 Å². The molecule has 1 amide bonds. The monoisotopic (exact) mass is 360 g/mol. The second kappa shape index (κ2) is 5.33. The first-order valence-corrected chi connectivity index (χ1v) is 8.46. The Bertz CT molecular complexity index is 889. The van der Waals surface area contributed by atoms with Crippen LogP contribution in [0, 0.1) is 11.8 Å². The van der Waals surface area contributed by atoms with E-state index < -0.39 is 11.5 Å². The molecule has 130 valence electrons. The number of aromatic carboxylic acids is 1. The van der Waals surface area contributed by atoms with Crippen molar-refractivity contribution in [2.45, 2.75) is 31.7 Å². The number of carboxylic acids is 1. The lowest BCUT2D eigenvalue weighted by atomic mass is 9.95. The molecule has 3 atom stereocenters. The van der Waals surface area contributed by atoms with Gasteiger partial charge in [0.1, 0.15) is 17.5 Å². The number of carboxylic acid groups (broad SMARTS) is 1. The van der Waals surface area contributed by atoms with Gasteiger partial charge in [-0.2, -0.15) is 0 Å². The van der Waals surface area contributed by atoms with Gasteiger partial charge in [0.2, 0.25) is 5.91 Å². The molecule has 4 rings (SSSR count). The molecular formula is C18H17ClN2O4. The molecule has 1 aromatic heterocycles. The number of carbonyl (C=O) groups excluding carboxylic acids is 1. The summed E-state index contributed by atoms with van der Waals surface area (Å²) in [6, 6.07) is 5.82. The summed E-state index contributed by atoms with van der Waals surface area (Å²) in [5.41, 5.74) is 1.53. The molecule has 1 heterocycles. The topological polar surface area (TPSA) is 92.4 Å². The molecule has 3 unspecified atom stereocenters. The van der Waals surface area contributed by atoms with Crippen molar-refractivity contribution in [3.8, 4) is 0 Å². The quantitative estimate of drug-likeness (QED) is 0.874. The number of hydrogen-bond acceptors (Lipinski definition) is 4. The molecule has 0 aliphatic heterocycles. The Morgan fingerprint density at radius 1 is 1.40 bits per heavy atom. The number of nitrogens with zero attached hydrogens (tertiary/aromatic N) is 1. The largest absolute Gasteiger partial charge is 0.478 e. The van der Waals surface area contributed by atoms with Crippen molar-refractivity contribution in [2.24, 2.45) is 11.8 Å². The Morgan fingerprint density at radius 2 is 2.16 bits per heavy atom. The van der Waals surface area contributed by atoms with Crippen molar-refractivity contribution in [1.82, 2.24) is 10.5 Å². The second-order valence-corrected chi connectivity index (χ2v) is 7.63. The summed E-state index contributed by atoms with van der Waals surface area (Å²) in [4.78, 5) is 24.0. The van der Waals surface area contributed by atoms with Gasteiger partial charge in [-0.15, -0.1) is 0 Å². The van der Waals surface area contributed by atoms with E-state index in [1.54, 1.807) is 13.8 Å². The lowest BCUT2D eigenvalue weighted by molar-refractivity contribution is -0.124. The van der Waals surface area contributed by atoms with Gasteiger partial charge in [0.25, 0.3) is 0 Å². The average molecular weight is 361 g/mol. The first-order chi connectivity index (χ1) is 11.8. The highest BCUT2D eigenvalue weighted by Gasteiger charge is 2.60. The highest BCUT2D eigenvalue weighted by Crippen LogP contribution is 2.62. The number of halogens is 1. The van der Waals surface area contributed by atoms with Crippen molar-refractivity contribution in [3.63, 3.8) is 0 Å². The van der Waals surface area contributed by atoms with Crippen LogP contribution in [-0.2, 0) is 16.8 Å². The van der Waals surface area contributed by atoms with E-state index in [1.807, 2.05) is 18.2 Å². The number of rotatable bonds is 4. The number of benzene rings is 1.